The number of nitrogens with one attached hydrogen (secondary N) is 2. The first kappa shape index (κ1) is 26.6. The van der Waals surface area contributed by atoms with Gasteiger partial charge in [-0.05, 0) is 44.1 Å². The molecule has 1 aliphatic heterocycles. The fraction of sp³-hybridized carbons (Fsp3) is 0.583. The minimum absolute atomic E-state index is 0. The Kier molecular flexibility index (Phi) is 11.5. The van der Waals surface area contributed by atoms with Gasteiger partial charge in [-0.15, -0.1) is 24.0 Å². The summed E-state index contributed by atoms with van der Waals surface area (Å²) in [4.78, 5) is 9.34. The fourth-order valence-corrected chi connectivity index (χ4v) is 4.00. The molecule has 3 rings (SSSR count). The molecule has 178 valence electrons. The van der Waals surface area contributed by atoms with E-state index in [2.05, 4.69) is 75.7 Å². The molecule has 0 aliphatic carbocycles. The predicted molar refractivity (Wildman–Crippen MR) is 142 cm³/mol. The van der Waals surface area contributed by atoms with E-state index in [-0.39, 0.29) is 24.0 Å². The Morgan fingerprint density at radius 1 is 1.00 bits per heavy atom. The highest BCUT2D eigenvalue weighted by Crippen LogP contribution is 2.15. The Morgan fingerprint density at radius 3 is 2.41 bits per heavy atom. The van der Waals surface area contributed by atoms with Crippen LogP contribution in [-0.2, 0) is 32.5 Å². The van der Waals surface area contributed by atoms with E-state index in [0.29, 0.717) is 6.54 Å². The van der Waals surface area contributed by atoms with Gasteiger partial charge in [0.2, 0.25) is 0 Å². The molecule has 0 unspecified atom stereocenters. The van der Waals surface area contributed by atoms with E-state index in [1.165, 1.54) is 30.6 Å². The van der Waals surface area contributed by atoms with E-state index in [4.69, 9.17) is 4.52 Å². The summed E-state index contributed by atoms with van der Waals surface area (Å²) in [7, 11) is 4.01. The SMILES string of the molecule is CCc1noc(CC)c1CNC(=NC)NCc1ccc(CN2CCCN(C)CC2)cc1.I. The summed E-state index contributed by atoms with van der Waals surface area (Å²) >= 11 is 0. The summed E-state index contributed by atoms with van der Waals surface area (Å²) in [5, 5.41) is 11.0. The van der Waals surface area contributed by atoms with Crippen molar-refractivity contribution >= 4 is 29.9 Å². The van der Waals surface area contributed by atoms with Gasteiger partial charge in [-0.25, -0.2) is 0 Å². The largest absolute Gasteiger partial charge is 0.361 e. The minimum Gasteiger partial charge on any atom is -0.361 e. The number of benzene rings is 1. The van der Waals surface area contributed by atoms with Crippen LogP contribution in [0.5, 0.6) is 0 Å². The van der Waals surface area contributed by atoms with Crippen molar-refractivity contribution in [3.05, 3.63) is 52.4 Å². The molecule has 0 atom stereocenters. The van der Waals surface area contributed by atoms with Crippen LogP contribution in [0.4, 0.5) is 0 Å². The lowest BCUT2D eigenvalue weighted by molar-refractivity contribution is 0.269. The molecule has 2 aromatic rings. The zero-order valence-electron chi connectivity index (χ0n) is 20.0. The summed E-state index contributed by atoms with van der Waals surface area (Å²) in [6.07, 6.45) is 2.96. The van der Waals surface area contributed by atoms with Gasteiger partial charge < -0.3 is 20.1 Å². The highest BCUT2D eigenvalue weighted by atomic mass is 127. The van der Waals surface area contributed by atoms with Crippen molar-refractivity contribution in [2.45, 2.75) is 52.7 Å². The molecule has 0 spiro atoms. The summed E-state index contributed by atoms with van der Waals surface area (Å²) in [5.74, 6) is 1.73. The van der Waals surface area contributed by atoms with Crippen LogP contribution in [0.1, 0.15) is 48.4 Å². The van der Waals surface area contributed by atoms with Crippen LogP contribution in [-0.4, -0.2) is 61.2 Å². The minimum atomic E-state index is 0. The molecule has 32 heavy (non-hydrogen) atoms. The van der Waals surface area contributed by atoms with Crippen molar-refractivity contribution in [3.8, 4) is 0 Å². The monoisotopic (exact) mass is 554 g/mol. The fourth-order valence-electron chi connectivity index (χ4n) is 4.00. The number of hydrogen-bond donors (Lipinski definition) is 2. The first-order valence-electron chi connectivity index (χ1n) is 11.5. The van der Waals surface area contributed by atoms with Crippen LogP contribution in [0.2, 0.25) is 0 Å². The van der Waals surface area contributed by atoms with Crippen molar-refractivity contribution in [2.75, 3.05) is 40.3 Å². The first-order valence-corrected chi connectivity index (χ1v) is 11.5. The lowest BCUT2D eigenvalue weighted by Gasteiger charge is -2.20. The second-order valence-electron chi connectivity index (χ2n) is 8.27. The zero-order valence-corrected chi connectivity index (χ0v) is 22.3. The predicted octanol–water partition coefficient (Wildman–Crippen LogP) is 3.42. The third-order valence-corrected chi connectivity index (χ3v) is 5.96. The Labute approximate surface area is 210 Å². The summed E-state index contributed by atoms with van der Waals surface area (Å²) in [5.41, 5.74) is 4.79. The Balaban J connectivity index is 0.00000363. The van der Waals surface area contributed by atoms with Gasteiger partial charge in [0, 0.05) is 51.8 Å². The van der Waals surface area contributed by atoms with E-state index in [0.717, 1.165) is 62.0 Å². The van der Waals surface area contributed by atoms with E-state index in [1.807, 2.05) is 0 Å². The van der Waals surface area contributed by atoms with Gasteiger partial charge in [0.25, 0.3) is 0 Å². The second kappa shape index (κ2) is 13.8. The third-order valence-electron chi connectivity index (χ3n) is 5.96. The molecular formula is C24H39IN6O. The number of nitrogens with zero attached hydrogens (tertiary/aromatic N) is 4. The Hall–Kier alpha value is -1.65. The van der Waals surface area contributed by atoms with Gasteiger partial charge in [-0.2, -0.15) is 0 Å². The van der Waals surface area contributed by atoms with Gasteiger partial charge in [0.15, 0.2) is 5.96 Å². The molecule has 1 aromatic carbocycles. The third kappa shape index (κ3) is 7.74. The molecule has 1 saturated heterocycles. The zero-order chi connectivity index (χ0) is 22.1. The number of halogens is 1. The number of guanidine groups is 1. The molecule has 0 bridgehead atoms. The Morgan fingerprint density at radius 2 is 1.72 bits per heavy atom. The van der Waals surface area contributed by atoms with Crippen LogP contribution in [0.25, 0.3) is 0 Å². The number of likely N-dealkylation sites (N-methyl/N-ethyl adjacent to an activating group) is 1. The van der Waals surface area contributed by atoms with Crippen LogP contribution in [0, 0.1) is 0 Å². The van der Waals surface area contributed by atoms with Crippen molar-refractivity contribution < 1.29 is 4.52 Å². The van der Waals surface area contributed by atoms with Crippen LogP contribution in [0.15, 0.2) is 33.8 Å². The smallest absolute Gasteiger partial charge is 0.191 e. The number of rotatable bonds is 8. The average molecular weight is 555 g/mol. The van der Waals surface area contributed by atoms with Crippen LogP contribution in [0.3, 0.4) is 0 Å². The Bertz CT molecular complexity index is 814. The molecule has 1 aromatic heterocycles. The molecule has 0 amide bonds. The molecule has 7 nitrogen and oxygen atoms in total. The summed E-state index contributed by atoms with van der Waals surface area (Å²) in [6.45, 7) is 11.3. The van der Waals surface area contributed by atoms with Gasteiger partial charge in [-0.1, -0.05) is 43.3 Å². The van der Waals surface area contributed by atoms with E-state index in [1.54, 1.807) is 7.05 Å². The molecule has 0 radical (unpaired) electrons. The summed E-state index contributed by atoms with van der Waals surface area (Å²) in [6, 6.07) is 8.92. The lowest BCUT2D eigenvalue weighted by atomic mass is 10.1. The lowest BCUT2D eigenvalue weighted by Crippen LogP contribution is -2.36. The second-order valence-corrected chi connectivity index (χ2v) is 8.27. The number of aryl methyl sites for hydroxylation is 2. The number of aromatic nitrogens is 1. The molecular weight excluding hydrogens is 515 g/mol. The molecule has 1 fully saturated rings. The average Bonchev–Trinajstić information content (AvgIpc) is 3.08. The van der Waals surface area contributed by atoms with Crippen LogP contribution >= 0.6 is 24.0 Å². The van der Waals surface area contributed by atoms with Gasteiger partial charge >= 0.3 is 0 Å². The highest BCUT2D eigenvalue weighted by Gasteiger charge is 2.14. The number of hydrogen-bond acceptors (Lipinski definition) is 5. The van der Waals surface area contributed by atoms with E-state index in [9.17, 15) is 0 Å². The summed E-state index contributed by atoms with van der Waals surface area (Å²) < 4.78 is 5.45. The normalized spacial score (nSPS) is 15.8. The molecule has 0 saturated carbocycles. The number of aliphatic imine (C=N–C) groups is 1. The van der Waals surface area contributed by atoms with E-state index >= 15 is 0 Å². The van der Waals surface area contributed by atoms with Gasteiger partial charge in [0.1, 0.15) is 5.76 Å². The van der Waals surface area contributed by atoms with Crippen molar-refractivity contribution in [2.24, 2.45) is 4.99 Å². The first-order chi connectivity index (χ1) is 15.1. The standard InChI is InChI=1S/C24H38N6O.HI/c1-5-22-21(23(6-2)31-28-22)17-27-24(25-3)26-16-19-8-10-20(11-9-19)18-30-13-7-12-29(4)14-15-30;/h8-11H,5-7,12-18H2,1-4H3,(H2,25,26,27);1H. The maximum absolute atomic E-state index is 5.45. The molecule has 1 aliphatic rings. The topological polar surface area (TPSA) is 68.9 Å². The van der Waals surface area contributed by atoms with Crippen LogP contribution < -0.4 is 10.6 Å². The van der Waals surface area contributed by atoms with Gasteiger partial charge in [-0.3, -0.25) is 9.89 Å². The van der Waals surface area contributed by atoms with Crippen molar-refractivity contribution in [1.82, 2.24) is 25.6 Å². The maximum atomic E-state index is 5.45. The highest BCUT2D eigenvalue weighted by molar-refractivity contribution is 14.0. The molecule has 2 N–H and O–H groups in total. The maximum Gasteiger partial charge on any atom is 0.191 e. The van der Waals surface area contributed by atoms with Crippen molar-refractivity contribution in [3.63, 3.8) is 0 Å². The molecule has 2 heterocycles. The molecule has 8 heteroatoms. The van der Waals surface area contributed by atoms with E-state index < -0.39 is 0 Å². The van der Waals surface area contributed by atoms with Gasteiger partial charge in [0.05, 0.1) is 5.69 Å². The van der Waals surface area contributed by atoms with Crippen molar-refractivity contribution in [1.29, 1.82) is 0 Å². The quantitative estimate of drug-likeness (QED) is 0.296.